The van der Waals surface area contributed by atoms with Crippen molar-refractivity contribution in [3.63, 3.8) is 0 Å². The van der Waals surface area contributed by atoms with Crippen LogP contribution in [-0.4, -0.2) is 55.7 Å². The van der Waals surface area contributed by atoms with Gasteiger partial charge in [-0.3, -0.25) is 9.36 Å². The van der Waals surface area contributed by atoms with Gasteiger partial charge in [-0.2, -0.15) is 0 Å². The number of rotatable bonds is 10. The lowest BCUT2D eigenvalue weighted by molar-refractivity contribution is -0.143. The molecule has 0 aliphatic carbocycles. The molecule has 0 bridgehead atoms. The van der Waals surface area contributed by atoms with E-state index in [-0.39, 0.29) is 30.3 Å². The van der Waals surface area contributed by atoms with Gasteiger partial charge in [-0.05, 0) is 79.3 Å². The molecule has 0 amide bonds. The molecule has 2 heterocycles. The molecule has 0 saturated heterocycles. The molecule has 13 heteroatoms. The van der Waals surface area contributed by atoms with E-state index in [9.17, 15) is 19.5 Å². The third-order valence-electron chi connectivity index (χ3n) is 6.25. The first kappa shape index (κ1) is 31.1. The Morgan fingerprint density at radius 3 is 2.52 bits per heavy atom. The number of halogens is 1. The summed E-state index contributed by atoms with van der Waals surface area (Å²) in [7, 11) is 2.71. The van der Waals surface area contributed by atoms with Crippen LogP contribution >= 0.6 is 33.9 Å². The van der Waals surface area contributed by atoms with E-state index in [0.29, 0.717) is 44.3 Å². The van der Waals surface area contributed by atoms with Crippen LogP contribution in [0.3, 0.4) is 0 Å². The van der Waals surface area contributed by atoms with Crippen LogP contribution in [0.1, 0.15) is 37.9 Å². The van der Waals surface area contributed by atoms with Crippen molar-refractivity contribution >= 4 is 51.9 Å². The molecule has 3 aromatic rings. The summed E-state index contributed by atoms with van der Waals surface area (Å²) in [5.74, 6) is -0.393. The lowest BCUT2D eigenvalue weighted by Crippen LogP contribution is -2.40. The number of ether oxygens (including phenoxy) is 5. The Kier molecular flexibility index (Phi) is 9.93. The minimum atomic E-state index is -0.907. The minimum Gasteiger partial charge on any atom is -0.504 e. The van der Waals surface area contributed by atoms with Gasteiger partial charge in [0.2, 0.25) is 0 Å². The molecule has 1 aromatic heterocycles. The van der Waals surface area contributed by atoms with Gasteiger partial charge < -0.3 is 28.8 Å². The average molecular weight is 709 g/mol. The summed E-state index contributed by atoms with van der Waals surface area (Å²) in [5.41, 5.74) is 1.11. The van der Waals surface area contributed by atoms with Crippen LogP contribution in [0.4, 0.5) is 0 Å². The third-order valence-corrected chi connectivity index (χ3v) is 7.86. The van der Waals surface area contributed by atoms with Crippen molar-refractivity contribution in [1.29, 1.82) is 0 Å². The van der Waals surface area contributed by atoms with E-state index < -0.39 is 23.5 Å². The van der Waals surface area contributed by atoms with Crippen LogP contribution in [0.5, 0.6) is 23.0 Å². The van der Waals surface area contributed by atoms with Gasteiger partial charge in [-0.15, -0.1) is 0 Å². The Bertz CT molecular complexity index is 1740. The number of phenols is 1. The molecule has 42 heavy (non-hydrogen) atoms. The SMILES string of the molecule is CCOC(=O)C1=C(C)N=c2s/c(=C/c3cc(I)cc(OC)c3O)c(=O)n2[C@H]1c1ccc(OCC(=O)OC)c(OCC)c1. The van der Waals surface area contributed by atoms with E-state index in [1.807, 2.05) is 0 Å². The molecule has 4 rings (SSSR count). The van der Waals surface area contributed by atoms with E-state index in [2.05, 4.69) is 32.3 Å². The number of phenolic OH excluding ortho intramolecular Hbond substituents is 1. The highest BCUT2D eigenvalue weighted by Crippen LogP contribution is 2.37. The topological polar surface area (TPSA) is 135 Å². The predicted octanol–water partition coefficient (Wildman–Crippen LogP) is 3.07. The molecule has 2 aromatic carbocycles. The minimum absolute atomic E-state index is 0.104. The monoisotopic (exact) mass is 708 g/mol. The van der Waals surface area contributed by atoms with Crippen LogP contribution < -0.4 is 29.1 Å². The molecule has 0 fully saturated rings. The quantitative estimate of drug-likeness (QED) is 0.249. The molecule has 11 nitrogen and oxygen atoms in total. The summed E-state index contributed by atoms with van der Waals surface area (Å²) in [5, 5.41) is 10.7. The van der Waals surface area contributed by atoms with Gasteiger partial charge in [0.1, 0.15) is 0 Å². The van der Waals surface area contributed by atoms with Crippen molar-refractivity contribution < 1.29 is 38.4 Å². The van der Waals surface area contributed by atoms with Crippen molar-refractivity contribution in [2.45, 2.75) is 26.8 Å². The number of benzene rings is 2. The van der Waals surface area contributed by atoms with Crippen molar-refractivity contribution in [3.05, 3.63) is 76.0 Å². The summed E-state index contributed by atoms with van der Waals surface area (Å²) < 4.78 is 29.2. The first-order valence-corrected chi connectivity index (χ1v) is 14.7. The molecular weight excluding hydrogens is 679 g/mol. The molecule has 1 atom stereocenters. The van der Waals surface area contributed by atoms with E-state index in [4.69, 9.17) is 18.9 Å². The van der Waals surface area contributed by atoms with E-state index in [0.717, 1.165) is 14.9 Å². The summed E-state index contributed by atoms with van der Waals surface area (Å²) in [4.78, 5) is 43.8. The van der Waals surface area contributed by atoms with E-state index in [1.165, 1.54) is 18.8 Å². The smallest absolute Gasteiger partial charge is 0.343 e. The predicted molar refractivity (Wildman–Crippen MR) is 163 cm³/mol. The van der Waals surface area contributed by atoms with Gasteiger partial charge in [-0.1, -0.05) is 17.4 Å². The molecule has 0 spiro atoms. The van der Waals surface area contributed by atoms with Crippen LogP contribution in [0.2, 0.25) is 0 Å². The summed E-state index contributed by atoms with van der Waals surface area (Å²) in [6.07, 6.45) is 1.57. The zero-order valence-electron chi connectivity index (χ0n) is 23.6. The Hall–Kier alpha value is -3.85. The molecule has 1 aliphatic heterocycles. The number of aromatic nitrogens is 1. The summed E-state index contributed by atoms with van der Waals surface area (Å²) >= 11 is 3.22. The Morgan fingerprint density at radius 1 is 1.10 bits per heavy atom. The fourth-order valence-corrected chi connectivity index (χ4v) is 6.04. The van der Waals surface area contributed by atoms with E-state index in [1.54, 1.807) is 57.2 Å². The Morgan fingerprint density at radius 2 is 1.86 bits per heavy atom. The van der Waals surface area contributed by atoms with Crippen LogP contribution in [-0.2, 0) is 19.1 Å². The number of thiazole rings is 1. The third kappa shape index (κ3) is 6.31. The molecule has 222 valence electrons. The summed E-state index contributed by atoms with van der Waals surface area (Å²) in [6.45, 7) is 5.27. The zero-order valence-corrected chi connectivity index (χ0v) is 26.5. The second-order valence-electron chi connectivity index (χ2n) is 8.85. The maximum absolute atomic E-state index is 14.0. The number of carbonyl (C=O) groups excluding carboxylic acids is 2. The largest absolute Gasteiger partial charge is 0.504 e. The maximum Gasteiger partial charge on any atom is 0.343 e. The molecule has 0 unspecified atom stereocenters. The van der Waals surface area contributed by atoms with E-state index >= 15 is 0 Å². The standard InChI is InChI=1S/C29H29IN2O9S/c1-6-39-20-11-16(8-9-19(20)41-14-23(33)38-5)25-24(28(36)40-7-2)15(3)31-29-32(25)27(35)22(42-29)12-17-10-18(30)13-21(37-4)26(17)34/h8-13,25,34H,6-7,14H2,1-5H3/b22-12+/t25-/m0/s1. The number of methoxy groups -OCH3 is 2. The first-order chi connectivity index (χ1) is 20.1. The van der Waals surface area contributed by atoms with Gasteiger partial charge in [-0.25, -0.2) is 14.6 Å². The molecule has 1 N–H and O–H groups in total. The van der Waals surface area contributed by atoms with Crippen molar-refractivity contribution in [2.75, 3.05) is 34.0 Å². The van der Waals surface area contributed by atoms with Gasteiger partial charge in [0, 0.05) is 9.13 Å². The molecule has 0 saturated carbocycles. The number of fused-ring (bicyclic) bond motifs is 1. The van der Waals surface area contributed by atoms with Crippen molar-refractivity contribution in [1.82, 2.24) is 4.57 Å². The second-order valence-corrected chi connectivity index (χ2v) is 11.1. The van der Waals surface area contributed by atoms with Crippen molar-refractivity contribution in [2.24, 2.45) is 4.99 Å². The number of hydrogen-bond acceptors (Lipinski definition) is 11. The zero-order chi connectivity index (χ0) is 30.6. The molecule has 0 radical (unpaired) electrons. The Balaban J connectivity index is 1.93. The van der Waals surface area contributed by atoms with Crippen LogP contribution in [0.15, 0.2) is 51.4 Å². The first-order valence-electron chi connectivity index (χ1n) is 12.9. The highest BCUT2D eigenvalue weighted by molar-refractivity contribution is 14.1. The fourth-order valence-electron chi connectivity index (χ4n) is 4.39. The number of allylic oxidation sites excluding steroid dienone is 1. The van der Waals surface area contributed by atoms with Gasteiger partial charge in [0.05, 0.1) is 49.3 Å². The lowest BCUT2D eigenvalue weighted by atomic mass is 9.95. The highest BCUT2D eigenvalue weighted by Gasteiger charge is 2.34. The van der Waals surface area contributed by atoms with Gasteiger partial charge in [0.25, 0.3) is 5.56 Å². The number of hydrogen-bond donors (Lipinski definition) is 1. The fraction of sp³-hybridized carbons (Fsp3) is 0.310. The highest BCUT2D eigenvalue weighted by atomic mass is 127. The number of esters is 2. The van der Waals surface area contributed by atoms with Gasteiger partial charge >= 0.3 is 11.9 Å². The number of nitrogens with zero attached hydrogens (tertiary/aromatic N) is 2. The maximum atomic E-state index is 14.0. The number of aromatic hydroxyl groups is 1. The second kappa shape index (κ2) is 13.4. The Labute approximate surface area is 258 Å². The van der Waals surface area contributed by atoms with Crippen LogP contribution in [0.25, 0.3) is 6.08 Å². The van der Waals surface area contributed by atoms with Crippen molar-refractivity contribution in [3.8, 4) is 23.0 Å². The molecular formula is C29H29IN2O9S. The lowest BCUT2D eigenvalue weighted by Gasteiger charge is -2.25. The normalized spacial score (nSPS) is 14.6. The average Bonchev–Trinajstić information content (AvgIpc) is 3.27. The number of carbonyl (C=O) groups is 2. The van der Waals surface area contributed by atoms with Gasteiger partial charge in [0.15, 0.2) is 34.4 Å². The van der Waals surface area contributed by atoms with Crippen LogP contribution in [0, 0.1) is 3.57 Å². The molecule has 1 aliphatic rings. The summed E-state index contributed by atoms with van der Waals surface area (Å²) in [6, 6.07) is 7.45.